The van der Waals surface area contributed by atoms with Gasteiger partial charge in [-0.05, 0) is 29.8 Å². The molecule has 0 radical (unpaired) electrons. The minimum absolute atomic E-state index is 0.131. The molecule has 0 bridgehead atoms. The van der Waals surface area contributed by atoms with E-state index in [1.807, 2.05) is 0 Å². The fourth-order valence-electron chi connectivity index (χ4n) is 2.57. The second-order valence-electron chi connectivity index (χ2n) is 5.45. The number of aromatic hydroxyl groups is 2. The molecule has 0 atom stereocenters. The first-order chi connectivity index (χ1) is 11.5. The number of aromatic nitrogens is 1. The Balaban J connectivity index is 1.95. The third kappa shape index (κ3) is 2.69. The van der Waals surface area contributed by atoms with Crippen molar-refractivity contribution in [1.82, 2.24) is 9.88 Å². The highest BCUT2D eigenvalue weighted by atomic mass is 16.3. The van der Waals surface area contributed by atoms with Gasteiger partial charge in [-0.3, -0.25) is 9.59 Å². The van der Waals surface area contributed by atoms with E-state index in [2.05, 4.69) is 5.32 Å². The molecule has 1 aromatic heterocycles. The molecule has 0 aliphatic rings. The quantitative estimate of drug-likeness (QED) is 0.686. The van der Waals surface area contributed by atoms with Crippen molar-refractivity contribution in [3.8, 4) is 11.5 Å². The van der Waals surface area contributed by atoms with Crippen LogP contribution in [0, 0.1) is 0 Å². The predicted molar refractivity (Wildman–Crippen MR) is 90.1 cm³/mol. The normalized spacial score (nSPS) is 10.7. The zero-order valence-electron chi connectivity index (χ0n) is 13.0. The summed E-state index contributed by atoms with van der Waals surface area (Å²) in [5.41, 5.74) is 0.470. The third-order valence-electron chi connectivity index (χ3n) is 3.89. The Morgan fingerprint density at radius 1 is 1.08 bits per heavy atom. The van der Waals surface area contributed by atoms with Gasteiger partial charge in [-0.2, -0.15) is 0 Å². The van der Waals surface area contributed by atoms with Gasteiger partial charge in [0, 0.05) is 19.0 Å². The molecule has 0 aliphatic carbocycles. The summed E-state index contributed by atoms with van der Waals surface area (Å²) >= 11 is 0. The van der Waals surface area contributed by atoms with Crippen LogP contribution in [0.4, 0.5) is 0 Å². The molecule has 6 heteroatoms. The first-order valence-corrected chi connectivity index (χ1v) is 7.36. The monoisotopic (exact) mass is 324 g/mol. The van der Waals surface area contributed by atoms with E-state index in [0.717, 1.165) is 5.56 Å². The lowest BCUT2D eigenvalue weighted by molar-refractivity contribution is 0.0946. The maximum atomic E-state index is 12.4. The lowest BCUT2D eigenvalue weighted by Gasteiger charge is -2.12. The fourth-order valence-corrected chi connectivity index (χ4v) is 2.57. The van der Waals surface area contributed by atoms with E-state index in [4.69, 9.17) is 0 Å². The number of hydrogen-bond acceptors (Lipinski definition) is 4. The number of phenols is 1. The van der Waals surface area contributed by atoms with E-state index in [1.165, 1.54) is 16.7 Å². The maximum Gasteiger partial charge on any atom is 0.267 e. The molecule has 3 N–H and O–H groups in total. The van der Waals surface area contributed by atoms with Crippen molar-refractivity contribution in [2.45, 2.75) is 6.54 Å². The van der Waals surface area contributed by atoms with Gasteiger partial charge in [0.1, 0.15) is 17.1 Å². The van der Waals surface area contributed by atoms with Crippen LogP contribution in [0.5, 0.6) is 11.5 Å². The molecule has 0 aliphatic heterocycles. The smallest absolute Gasteiger partial charge is 0.267 e. The molecular formula is C18H16N2O4. The highest BCUT2D eigenvalue weighted by Gasteiger charge is 2.20. The van der Waals surface area contributed by atoms with Gasteiger partial charge in [-0.15, -0.1) is 0 Å². The lowest BCUT2D eigenvalue weighted by atomic mass is 10.1. The fraction of sp³-hybridized carbons (Fsp3) is 0.111. The summed E-state index contributed by atoms with van der Waals surface area (Å²) < 4.78 is 1.34. The van der Waals surface area contributed by atoms with E-state index in [1.54, 1.807) is 43.4 Å². The second kappa shape index (κ2) is 6.08. The van der Waals surface area contributed by atoms with Crippen LogP contribution in [0.3, 0.4) is 0 Å². The number of carbonyl (C=O) groups is 1. The summed E-state index contributed by atoms with van der Waals surface area (Å²) in [6.45, 7) is 0.175. The molecule has 2 aromatic carbocycles. The van der Waals surface area contributed by atoms with Gasteiger partial charge in [0.2, 0.25) is 0 Å². The molecule has 122 valence electrons. The van der Waals surface area contributed by atoms with E-state index in [9.17, 15) is 19.8 Å². The van der Waals surface area contributed by atoms with Crippen LogP contribution in [-0.2, 0) is 13.6 Å². The van der Waals surface area contributed by atoms with Gasteiger partial charge < -0.3 is 20.1 Å². The summed E-state index contributed by atoms with van der Waals surface area (Å²) in [5.74, 6) is -0.838. The number of phenolic OH excluding ortho intramolecular Hbond substituents is 1. The molecule has 1 amide bonds. The Hall–Kier alpha value is -3.28. The zero-order chi connectivity index (χ0) is 17.3. The Morgan fingerprint density at radius 3 is 2.46 bits per heavy atom. The van der Waals surface area contributed by atoms with E-state index in [0.29, 0.717) is 10.9 Å². The van der Waals surface area contributed by atoms with Gasteiger partial charge >= 0.3 is 0 Å². The summed E-state index contributed by atoms with van der Waals surface area (Å²) in [5, 5.41) is 22.7. The van der Waals surface area contributed by atoms with Crippen LogP contribution in [0.1, 0.15) is 15.9 Å². The number of aryl methyl sites for hydroxylation is 1. The van der Waals surface area contributed by atoms with Crippen LogP contribution >= 0.6 is 0 Å². The molecule has 3 aromatic rings. The van der Waals surface area contributed by atoms with Crippen LogP contribution in [0.2, 0.25) is 0 Å². The summed E-state index contributed by atoms with van der Waals surface area (Å²) in [6.07, 6.45) is 0. The summed E-state index contributed by atoms with van der Waals surface area (Å²) in [7, 11) is 1.56. The number of nitrogens with one attached hydrogen (secondary N) is 1. The van der Waals surface area contributed by atoms with Gasteiger partial charge in [-0.25, -0.2) is 0 Å². The van der Waals surface area contributed by atoms with Crippen molar-refractivity contribution in [1.29, 1.82) is 0 Å². The number of hydrogen-bond donors (Lipinski definition) is 3. The number of benzene rings is 2. The SMILES string of the molecule is Cn1c(=O)c(C(=O)NCc2ccc(O)cc2)c(O)c2ccccc21. The van der Waals surface area contributed by atoms with Crippen molar-refractivity contribution in [2.75, 3.05) is 0 Å². The van der Waals surface area contributed by atoms with Gasteiger partial charge in [0.15, 0.2) is 0 Å². The average molecular weight is 324 g/mol. The van der Waals surface area contributed by atoms with E-state index in [-0.39, 0.29) is 23.6 Å². The average Bonchev–Trinajstić information content (AvgIpc) is 2.59. The molecule has 0 saturated heterocycles. The molecule has 24 heavy (non-hydrogen) atoms. The second-order valence-corrected chi connectivity index (χ2v) is 5.45. The molecule has 3 rings (SSSR count). The van der Waals surface area contributed by atoms with Crippen molar-refractivity contribution >= 4 is 16.8 Å². The maximum absolute atomic E-state index is 12.4. The first-order valence-electron chi connectivity index (χ1n) is 7.36. The predicted octanol–water partition coefficient (Wildman–Crippen LogP) is 1.88. The van der Waals surface area contributed by atoms with Crippen LogP contribution in [0.15, 0.2) is 53.3 Å². The molecule has 0 saturated carbocycles. The van der Waals surface area contributed by atoms with Crippen molar-refractivity contribution in [2.24, 2.45) is 7.05 Å². The highest BCUT2D eigenvalue weighted by Crippen LogP contribution is 2.25. The lowest BCUT2D eigenvalue weighted by Crippen LogP contribution is -2.32. The number of nitrogens with zero attached hydrogens (tertiary/aromatic N) is 1. The van der Waals surface area contributed by atoms with Crippen LogP contribution in [-0.4, -0.2) is 20.7 Å². The summed E-state index contributed by atoms with van der Waals surface area (Å²) in [4.78, 5) is 24.8. The Kier molecular flexibility index (Phi) is 3.95. The minimum atomic E-state index is -0.646. The van der Waals surface area contributed by atoms with Gasteiger partial charge in [0.05, 0.1) is 5.52 Å². The van der Waals surface area contributed by atoms with Gasteiger partial charge in [0.25, 0.3) is 11.5 Å². The number of amides is 1. The molecule has 0 spiro atoms. The first kappa shape index (κ1) is 15.6. The molecule has 6 nitrogen and oxygen atoms in total. The third-order valence-corrected chi connectivity index (χ3v) is 3.89. The number of carbonyl (C=O) groups excluding carboxylic acids is 1. The number of pyridine rings is 1. The summed E-state index contributed by atoms with van der Waals surface area (Å²) in [6, 6.07) is 13.2. The molecule has 1 heterocycles. The van der Waals surface area contributed by atoms with E-state index >= 15 is 0 Å². The van der Waals surface area contributed by atoms with Crippen molar-refractivity contribution in [3.63, 3.8) is 0 Å². The number of rotatable bonds is 3. The topological polar surface area (TPSA) is 91.6 Å². The highest BCUT2D eigenvalue weighted by molar-refractivity contribution is 6.02. The standard InChI is InChI=1S/C18H16N2O4/c1-20-14-5-3-2-4-13(14)16(22)15(18(20)24)17(23)19-10-11-6-8-12(21)9-7-11/h2-9,21-22H,10H2,1H3,(H,19,23). The number of fused-ring (bicyclic) bond motifs is 1. The molecular weight excluding hydrogens is 308 g/mol. The molecule has 0 unspecified atom stereocenters. The van der Waals surface area contributed by atoms with Crippen LogP contribution < -0.4 is 10.9 Å². The van der Waals surface area contributed by atoms with Crippen molar-refractivity contribution < 1.29 is 15.0 Å². The van der Waals surface area contributed by atoms with E-state index < -0.39 is 11.5 Å². The minimum Gasteiger partial charge on any atom is -0.508 e. The molecule has 0 fully saturated rings. The van der Waals surface area contributed by atoms with Crippen molar-refractivity contribution in [3.05, 3.63) is 70.0 Å². The number of para-hydroxylation sites is 1. The Labute approximate surface area is 137 Å². The van der Waals surface area contributed by atoms with Crippen LogP contribution in [0.25, 0.3) is 10.9 Å². The Bertz CT molecular complexity index is 975. The van der Waals surface area contributed by atoms with Gasteiger partial charge in [-0.1, -0.05) is 24.3 Å². The zero-order valence-corrected chi connectivity index (χ0v) is 13.0. The largest absolute Gasteiger partial charge is 0.508 e. The Morgan fingerprint density at radius 2 is 1.75 bits per heavy atom.